The fourth-order valence-corrected chi connectivity index (χ4v) is 2.35. The zero-order valence-electron chi connectivity index (χ0n) is 12.2. The maximum absolute atomic E-state index is 12.1. The second-order valence-electron chi connectivity index (χ2n) is 4.84. The third-order valence-electron chi connectivity index (χ3n) is 3.11. The van der Waals surface area contributed by atoms with Gasteiger partial charge in [0.1, 0.15) is 5.75 Å². The van der Waals surface area contributed by atoms with Gasteiger partial charge in [0.2, 0.25) is 5.91 Å². The minimum absolute atomic E-state index is 0. The van der Waals surface area contributed by atoms with Crippen LogP contribution in [0.3, 0.4) is 0 Å². The van der Waals surface area contributed by atoms with Crippen LogP contribution in [0.15, 0.2) is 18.2 Å². The minimum atomic E-state index is -2.94. The first kappa shape index (κ1) is 19.9. The molecule has 5 nitrogen and oxygen atoms in total. The van der Waals surface area contributed by atoms with Crippen molar-refractivity contribution >= 4 is 35.6 Å². The molecule has 1 atom stereocenters. The third-order valence-corrected chi connectivity index (χ3v) is 3.41. The number of ether oxygens (including phenoxy) is 2. The lowest BCUT2D eigenvalue weighted by atomic mass is 10.2. The summed E-state index contributed by atoms with van der Waals surface area (Å²) in [4.78, 5) is 11.8. The molecule has 1 aromatic carbocycles. The molecular formula is C14H18Cl2F2N2O3. The number of anilines is 1. The van der Waals surface area contributed by atoms with Gasteiger partial charge in [-0.2, -0.15) is 8.78 Å². The molecule has 1 heterocycles. The van der Waals surface area contributed by atoms with E-state index in [-0.39, 0.29) is 41.7 Å². The van der Waals surface area contributed by atoms with Crippen LogP contribution in [0.2, 0.25) is 5.02 Å². The van der Waals surface area contributed by atoms with Crippen LogP contribution >= 0.6 is 24.0 Å². The van der Waals surface area contributed by atoms with E-state index in [1.807, 2.05) is 0 Å². The van der Waals surface area contributed by atoms with E-state index < -0.39 is 6.61 Å². The van der Waals surface area contributed by atoms with Crippen molar-refractivity contribution in [2.24, 2.45) is 0 Å². The highest BCUT2D eigenvalue weighted by molar-refractivity contribution is 6.32. The fourth-order valence-electron chi connectivity index (χ4n) is 2.13. The molecule has 1 unspecified atom stereocenters. The molecule has 1 fully saturated rings. The van der Waals surface area contributed by atoms with Gasteiger partial charge in [0.25, 0.3) is 0 Å². The Hall–Kier alpha value is -1.15. The van der Waals surface area contributed by atoms with Crippen molar-refractivity contribution in [1.82, 2.24) is 5.32 Å². The van der Waals surface area contributed by atoms with Crippen LogP contribution in [0.25, 0.3) is 0 Å². The second kappa shape index (κ2) is 9.87. The highest BCUT2D eigenvalue weighted by Gasteiger charge is 2.15. The summed E-state index contributed by atoms with van der Waals surface area (Å²) in [6.45, 7) is -1.42. The molecular weight excluding hydrogens is 353 g/mol. The second-order valence-corrected chi connectivity index (χ2v) is 5.25. The Kier molecular flexibility index (Phi) is 8.54. The van der Waals surface area contributed by atoms with Crippen LogP contribution in [0.5, 0.6) is 5.75 Å². The van der Waals surface area contributed by atoms with Crippen molar-refractivity contribution in [3.8, 4) is 5.75 Å². The number of carbonyl (C=O) groups excluding carboxylic acids is 1. The molecule has 130 valence electrons. The first-order chi connectivity index (χ1) is 10.5. The Bertz CT molecular complexity index is 515. The van der Waals surface area contributed by atoms with Crippen molar-refractivity contribution in [2.45, 2.75) is 25.6 Å². The monoisotopic (exact) mass is 370 g/mol. The van der Waals surface area contributed by atoms with E-state index in [1.165, 1.54) is 18.2 Å². The van der Waals surface area contributed by atoms with Crippen molar-refractivity contribution in [1.29, 1.82) is 0 Å². The molecule has 2 rings (SSSR count). The average molecular weight is 371 g/mol. The van der Waals surface area contributed by atoms with Crippen LogP contribution < -0.4 is 15.4 Å². The summed E-state index contributed by atoms with van der Waals surface area (Å²) in [6.07, 6.45) is 2.20. The quantitative estimate of drug-likeness (QED) is 0.774. The van der Waals surface area contributed by atoms with E-state index in [4.69, 9.17) is 16.3 Å². The van der Waals surface area contributed by atoms with Crippen molar-refractivity contribution in [3.63, 3.8) is 0 Å². The molecule has 23 heavy (non-hydrogen) atoms. The molecule has 2 N–H and O–H groups in total. The standard InChI is InChI=1S/C14H17ClF2N2O3.ClH/c15-11-6-9(3-4-12(11)22-14(16)17)19-13(20)8-18-7-10-2-1-5-21-10;/h3-4,6,10,14,18H,1-2,5,7-8H2,(H,19,20);1H. The van der Waals surface area contributed by atoms with Gasteiger partial charge in [0, 0.05) is 18.8 Å². The van der Waals surface area contributed by atoms with Gasteiger partial charge in [-0.1, -0.05) is 11.6 Å². The number of rotatable bonds is 7. The molecule has 0 aromatic heterocycles. The lowest BCUT2D eigenvalue weighted by molar-refractivity contribution is -0.115. The van der Waals surface area contributed by atoms with Crippen LogP contribution in [-0.4, -0.2) is 38.3 Å². The maximum Gasteiger partial charge on any atom is 0.387 e. The van der Waals surface area contributed by atoms with Crippen LogP contribution in [0, 0.1) is 0 Å². The average Bonchev–Trinajstić information content (AvgIpc) is 2.95. The SMILES string of the molecule is Cl.O=C(CNCC1CCCO1)Nc1ccc(OC(F)F)c(Cl)c1. The summed E-state index contributed by atoms with van der Waals surface area (Å²) in [5.74, 6) is -0.386. The molecule has 1 amide bonds. The molecule has 9 heteroatoms. The Morgan fingerprint density at radius 2 is 2.26 bits per heavy atom. The van der Waals surface area contributed by atoms with Gasteiger partial charge in [-0.05, 0) is 31.0 Å². The zero-order chi connectivity index (χ0) is 15.9. The van der Waals surface area contributed by atoms with Gasteiger partial charge < -0.3 is 20.1 Å². The number of halogens is 4. The number of benzene rings is 1. The molecule has 1 saturated heterocycles. The van der Waals surface area contributed by atoms with Gasteiger partial charge in [-0.15, -0.1) is 12.4 Å². The van der Waals surface area contributed by atoms with E-state index in [9.17, 15) is 13.6 Å². The van der Waals surface area contributed by atoms with Crippen LogP contribution in [-0.2, 0) is 9.53 Å². The van der Waals surface area contributed by atoms with E-state index in [2.05, 4.69) is 15.4 Å². The van der Waals surface area contributed by atoms with Gasteiger partial charge >= 0.3 is 6.61 Å². The maximum atomic E-state index is 12.1. The Labute approximate surface area is 144 Å². The number of hydrogen-bond acceptors (Lipinski definition) is 4. The molecule has 1 aliphatic rings. The molecule has 0 spiro atoms. The summed E-state index contributed by atoms with van der Waals surface area (Å²) < 4.78 is 33.9. The summed E-state index contributed by atoms with van der Waals surface area (Å²) in [7, 11) is 0. The van der Waals surface area contributed by atoms with Gasteiger partial charge in [-0.3, -0.25) is 4.79 Å². The predicted octanol–water partition coefficient (Wildman–Crippen LogP) is 3.07. The van der Waals surface area contributed by atoms with Gasteiger partial charge in [0.05, 0.1) is 17.7 Å². The normalized spacial score (nSPS) is 17.0. The largest absolute Gasteiger partial charge is 0.433 e. The Balaban J connectivity index is 0.00000264. The van der Waals surface area contributed by atoms with Gasteiger partial charge in [0.15, 0.2) is 0 Å². The molecule has 1 aliphatic heterocycles. The number of carbonyl (C=O) groups is 1. The molecule has 0 radical (unpaired) electrons. The van der Waals surface area contributed by atoms with Crippen LogP contribution in [0.1, 0.15) is 12.8 Å². The summed E-state index contributed by atoms with van der Waals surface area (Å²) in [6, 6.07) is 4.09. The lowest BCUT2D eigenvalue weighted by Gasteiger charge is -2.12. The number of nitrogens with one attached hydrogen (secondary N) is 2. The van der Waals surface area contributed by atoms with E-state index in [0.29, 0.717) is 12.2 Å². The number of amides is 1. The topological polar surface area (TPSA) is 59.6 Å². The first-order valence-electron chi connectivity index (χ1n) is 6.91. The van der Waals surface area contributed by atoms with E-state index in [0.717, 1.165) is 19.4 Å². The highest BCUT2D eigenvalue weighted by atomic mass is 35.5. The van der Waals surface area contributed by atoms with E-state index in [1.54, 1.807) is 0 Å². The van der Waals surface area contributed by atoms with Crippen molar-refractivity contribution in [2.75, 3.05) is 25.0 Å². The smallest absolute Gasteiger partial charge is 0.387 e. The summed E-state index contributed by atoms with van der Waals surface area (Å²) >= 11 is 5.81. The molecule has 0 aliphatic carbocycles. The third kappa shape index (κ3) is 6.87. The van der Waals surface area contributed by atoms with E-state index >= 15 is 0 Å². The number of alkyl halides is 2. The van der Waals surface area contributed by atoms with Crippen LogP contribution in [0.4, 0.5) is 14.5 Å². The summed E-state index contributed by atoms with van der Waals surface area (Å²) in [5.41, 5.74) is 0.413. The summed E-state index contributed by atoms with van der Waals surface area (Å²) in [5, 5.41) is 5.63. The molecule has 0 bridgehead atoms. The predicted molar refractivity (Wildman–Crippen MR) is 85.8 cm³/mol. The Morgan fingerprint density at radius 1 is 1.48 bits per heavy atom. The number of hydrogen-bond donors (Lipinski definition) is 2. The fraction of sp³-hybridized carbons (Fsp3) is 0.500. The zero-order valence-corrected chi connectivity index (χ0v) is 13.8. The lowest BCUT2D eigenvalue weighted by Crippen LogP contribution is -2.33. The Morgan fingerprint density at radius 3 is 2.87 bits per heavy atom. The van der Waals surface area contributed by atoms with Crippen molar-refractivity contribution in [3.05, 3.63) is 23.2 Å². The van der Waals surface area contributed by atoms with Crippen molar-refractivity contribution < 1.29 is 23.0 Å². The first-order valence-corrected chi connectivity index (χ1v) is 7.29. The molecule has 1 aromatic rings. The minimum Gasteiger partial charge on any atom is -0.433 e. The highest BCUT2D eigenvalue weighted by Crippen LogP contribution is 2.28. The van der Waals surface area contributed by atoms with Gasteiger partial charge in [-0.25, -0.2) is 0 Å². The molecule has 0 saturated carbocycles.